The summed E-state index contributed by atoms with van der Waals surface area (Å²) in [6, 6.07) is 19.6. The molecule has 4 rings (SSSR count). The van der Waals surface area contributed by atoms with E-state index in [-0.39, 0.29) is 5.82 Å². The molecular weight excluding hydrogens is 321 g/mol. The van der Waals surface area contributed by atoms with Gasteiger partial charge in [-0.2, -0.15) is 0 Å². The molecular formula is C24H28FN. The van der Waals surface area contributed by atoms with Gasteiger partial charge in [-0.25, -0.2) is 4.39 Å². The van der Waals surface area contributed by atoms with Crippen LogP contribution in [0.15, 0.2) is 60.7 Å². The Morgan fingerprint density at radius 3 is 1.46 bits per heavy atom. The predicted molar refractivity (Wildman–Crippen MR) is 113 cm³/mol. The molecule has 4 aromatic rings. The van der Waals surface area contributed by atoms with Gasteiger partial charge in [0, 0.05) is 16.5 Å². The number of hydrogen-bond acceptors (Lipinski definition) is 0. The predicted octanol–water partition coefficient (Wildman–Crippen LogP) is 7.59. The van der Waals surface area contributed by atoms with Crippen LogP contribution in [0.5, 0.6) is 0 Å². The SMILES string of the molecule is CC.CC.Cc1ccc2c(c1)c1cc(C)ccc1n2-c1ccc(F)cc1. The first-order chi connectivity index (χ1) is 12.6. The van der Waals surface area contributed by atoms with Crippen molar-refractivity contribution in [2.75, 3.05) is 0 Å². The van der Waals surface area contributed by atoms with Crippen LogP contribution in [0, 0.1) is 19.7 Å². The minimum atomic E-state index is -0.212. The van der Waals surface area contributed by atoms with Crippen LogP contribution >= 0.6 is 0 Å². The van der Waals surface area contributed by atoms with Gasteiger partial charge in [0.05, 0.1) is 11.0 Å². The highest BCUT2D eigenvalue weighted by Gasteiger charge is 2.12. The summed E-state index contributed by atoms with van der Waals surface area (Å²) in [6.45, 7) is 12.2. The molecule has 0 fully saturated rings. The van der Waals surface area contributed by atoms with Crippen LogP contribution in [-0.4, -0.2) is 4.57 Å². The van der Waals surface area contributed by atoms with Gasteiger partial charge < -0.3 is 4.57 Å². The third-order valence-electron chi connectivity index (χ3n) is 4.16. The maximum absolute atomic E-state index is 13.3. The fourth-order valence-corrected chi connectivity index (χ4v) is 3.12. The standard InChI is InChI=1S/C20H16FN.2C2H6/c1-13-3-9-19-17(11-13)18-12-14(2)4-10-20(18)22(19)16-7-5-15(21)6-8-16;2*1-2/h3-12H,1-2H3;2*1-2H3. The Morgan fingerprint density at radius 1 is 0.615 bits per heavy atom. The first-order valence-electron chi connectivity index (χ1n) is 9.41. The van der Waals surface area contributed by atoms with Crippen LogP contribution in [0.1, 0.15) is 38.8 Å². The molecule has 2 heteroatoms. The molecule has 0 radical (unpaired) electrons. The summed E-state index contributed by atoms with van der Waals surface area (Å²) >= 11 is 0. The Hall–Kier alpha value is -2.61. The number of aromatic nitrogens is 1. The second-order valence-electron chi connectivity index (χ2n) is 5.85. The summed E-state index contributed by atoms with van der Waals surface area (Å²) in [5.41, 5.74) is 5.77. The minimum absolute atomic E-state index is 0.212. The molecule has 0 unspecified atom stereocenters. The lowest BCUT2D eigenvalue weighted by Crippen LogP contribution is -1.93. The smallest absolute Gasteiger partial charge is 0.123 e. The van der Waals surface area contributed by atoms with Gasteiger partial charge in [-0.1, -0.05) is 51.0 Å². The lowest BCUT2D eigenvalue weighted by atomic mass is 10.1. The number of fused-ring (bicyclic) bond motifs is 3. The first-order valence-corrected chi connectivity index (χ1v) is 9.41. The maximum atomic E-state index is 13.3. The maximum Gasteiger partial charge on any atom is 0.123 e. The van der Waals surface area contributed by atoms with E-state index in [1.54, 1.807) is 0 Å². The lowest BCUT2D eigenvalue weighted by molar-refractivity contribution is 0.627. The molecule has 0 aliphatic heterocycles. The van der Waals surface area contributed by atoms with E-state index in [0.717, 1.165) is 16.7 Å². The Kier molecular flexibility index (Phi) is 6.57. The zero-order valence-corrected chi connectivity index (χ0v) is 16.6. The second-order valence-corrected chi connectivity index (χ2v) is 5.85. The summed E-state index contributed by atoms with van der Waals surface area (Å²) in [5, 5.41) is 2.48. The van der Waals surface area contributed by atoms with Crippen molar-refractivity contribution in [3.8, 4) is 5.69 Å². The summed E-state index contributed by atoms with van der Waals surface area (Å²) in [7, 11) is 0. The van der Waals surface area contributed by atoms with Crippen LogP contribution in [0.25, 0.3) is 27.5 Å². The van der Waals surface area contributed by atoms with E-state index < -0.39 is 0 Å². The third-order valence-corrected chi connectivity index (χ3v) is 4.16. The number of rotatable bonds is 1. The topological polar surface area (TPSA) is 4.93 Å². The van der Waals surface area contributed by atoms with Crippen LogP contribution < -0.4 is 0 Å². The molecule has 26 heavy (non-hydrogen) atoms. The monoisotopic (exact) mass is 349 g/mol. The average Bonchev–Trinajstić information content (AvgIpc) is 2.99. The summed E-state index contributed by atoms with van der Waals surface area (Å²) in [4.78, 5) is 0. The Morgan fingerprint density at radius 2 is 1.04 bits per heavy atom. The zero-order valence-electron chi connectivity index (χ0n) is 16.6. The van der Waals surface area contributed by atoms with Crippen LogP contribution in [0.2, 0.25) is 0 Å². The van der Waals surface area contributed by atoms with Crippen LogP contribution in [0.4, 0.5) is 4.39 Å². The van der Waals surface area contributed by atoms with E-state index in [4.69, 9.17) is 0 Å². The number of aryl methyl sites for hydroxylation is 2. The van der Waals surface area contributed by atoms with Crippen LogP contribution in [0.3, 0.4) is 0 Å². The van der Waals surface area contributed by atoms with Crippen molar-refractivity contribution in [1.82, 2.24) is 4.57 Å². The van der Waals surface area contributed by atoms with Gasteiger partial charge in [0.25, 0.3) is 0 Å². The number of halogens is 1. The van der Waals surface area contributed by atoms with Gasteiger partial charge >= 0.3 is 0 Å². The molecule has 0 spiro atoms. The highest BCUT2D eigenvalue weighted by molar-refractivity contribution is 6.09. The largest absolute Gasteiger partial charge is 0.309 e. The van der Waals surface area contributed by atoms with Crippen molar-refractivity contribution in [3.05, 3.63) is 77.6 Å². The van der Waals surface area contributed by atoms with Crippen molar-refractivity contribution < 1.29 is 4.39 Å². The van der Waals surface area contributed by atoms with E-state index in [2.05, 4.69) is 54.8 Å². The van der Waals surface area contributed by atoms with Crippen molar-refractivity contribution in [3.63, 3.8) is 0 Å². The molecule has 3 aromatic carbocycles. The zero-order chi connectivity index (χ0) is 19.3. The van der Waals surface area contributed by atoms with E-state index in [1.807, 2.05) is 39.8 Å². The molecule has 0 saturated heterocycles. The fraction of sp³-hybridized carbons (Fsp3) is 0.250. The first kappa shape index (κ1) is 19.7. The fourth-order valence-electron chi connectivity index (χ4n) is 3.12. The van der Waals surface area contributed by atoms with Gasteiger partial charge in [0.15, 0.2) is 0 Å². The lowest BCUT2D eigenvalue weighted by Gasteiger charge is -2.07. The number of benzene rings is 3. The molecule has 0 aliphatic carbocycles. The molecule has 1 heterocycles. The molecule has 0 bridgehead atoms. The third kappa shape index (κ3) is 3.65. The van der Waals surface area contributed by atoms with Gasteiger partial charge in [0.2, 0.25) is 0 Å². The molecule has 1 nitrogen and oxygen atoms in total. The van der Waals surface area contributed by atoms with Gasteiger partial charge in [0.1, 0.15) is 5.82 Å². The summed E-state index contributed by atoms with van der Waals surface area (Å²) in [5.74, 6) is -0.212. The summed E-state index contributed by atoms with van der Waals surface area (Å²) < 4.78 is 15.5. The van der Waals surface area contributed by atoms with Crippen molar-refractivity contribution in [1.29, 1.82) is 0 Å². The average molecular weight is 349 g/mol. The van der Waals surface area contributed by atoms with E-state index >= 15 is 0 Å². The van der Waals surface area contributed by atoms with Gasteiger partial charge in [-0.15, -0.1) is 0 Å². The Balaban J connectivity index is 0.000000570. The minimum Gasteiger partial charge on any atom is -0.309 e. The highest BCUT2D eigenvalue weighted by Crippen LogP contribution is 2.33. The highest BCUT2D eigenvalue weighted by atomic mass is 19.1. The summed E-state index contributed by atoms with van der Waals surface area (Å²) in [6.07, 6.45) is 0. The Bertz CT molecular complexity index is 935. The molecule has 0 N–H and O–H groups in total. The Labute approximate surface area is 156 Å². The molecule has 0 saturated carbocycles. The van der Waals surface area contributed by atoms with Crippen molar-refractivity contribution >= 4 is 21.8 Å². The van der Waals surface area contributed by atoms with Crippen LogP contribution in [-0.2, 0) is 0 Å². The van der Waals surface area contributed by atoms with Gasteiger partial charge in [-0.3, -0.25) is 0 Å². The van der Waals surface area contributed by atoms with E-state index in [1.165, 1.54) is 34.0 Å². The van der Waals surface area contributed by atoms with Crippen molar-refractivity contribution in [2.24, 2.45) is 0 Å². The normalized spacial score (nSPS) is 10.1. The molecule has 1 aromatic heterocycles. The molecule has 0 atom stereocenters. The molecule has 0 amide bonds. The molecule has 0 aliphatic rings. The molecule has 136 valence electrons. The quantitative estimate of drug-likeness (QED) is 0.333. The number of nitrogens with zero attached hydrogens (tertiary/aromatic N) is 1. The van der Waals surface area contributed by atoms with Crippen molar-refractivity contribution in [2.45, 2.75) is 41.5 Å². The second kappa shape index (κ2) is 8.66. The van der Waals surface area contributed by atoms with E-state index in [9.17, 15) is 4.39 Å². The number of hydrogen-bond donors (Lipinski definition) is 0. The van der Waals surface area contributed by atoms with E-state index in [0.29, 0.717) is 0 Å². The van der Waals surface area contributed by atoms with Gasteiger partial charge in [-0.05, 0) is 62.4 Å².